The number of hydrogen-bond donors (Lipinski definition) is 1. The van der Waals surface area contributed by atoms with Crippen LogP contribution in [0.2, 0.25) is 0 Å². The summed E-state index contributed by atoms with van der Waals surface area (Å²) in [6.07, 6.45) is 0.689. The Bertz CT molecular complexity index is 623. The number of carbonyl (C=O) groups excluding carboxylic acids is 3. The van der Waals surface area contributed by atoms with Crippen LogP contribution in [0.15, 0.2) is 30.0 Å². The van der Waals surface area contributed by atoms with E-state index in [1.807, 2.05) is 0 Å². The van der Waals surface area contributed by atoms with E-state index < -0.39 is 17.7 Å². The molecule has 1 amide bonds. The molecule has 6 nitrogen and oxygen atoms in total. The van der Waals surface area contributed by atoms with E-state index in [2.05, 4.69) is 10.1 Å². The monoisotopic (exact) mass is 319 g/mol. The number of ether oxygens (including phenoxy) is 2. The quantitative estimate of drug-likeness (QED) is 0.524. The van der Waals surface area contributed by atoms with Crippen molar-refractivity contribution in [3.63, 3.8) is 0 Å². The zero-order chi connectivity index (χ0) is 17.6. The molecule has 124 valence electrons. The number of amides is 1. The van der Waals surface area contributed by atoms with E-state index in [9.17, 15) is 14.4 Å². The number of alkyl carbamates (subject to hydrolysis) is 1. The third kappa shape index (κ3) is 6.34. The minimum Gasteiger partial charge on any atom is -0.464 e. The standard InChI is InChI=1S/C17H21NO5/c1-11(19)13-8-6-12(7-9-13)10-14(15(20)22-5)18-16(21)23-17(2,3)4/h6-10H,1-5H3,(H,18,21)/b14-10+. The molecule has 0 aliphatic heterocycles. The van der Waals surface area contributed by atoms with E-state index in [4.69, 9.17) is 4.74 Å². The Hall–Kier alpha value is -2.63. The molecule has 0 atom stereocenters. The van der Waals surface area contributed by atoms with E-state index in [1.165, 1.54) is 20.1 Å². The summed E-state index contributed by atoms with van der Waals surface area (Å²) in [6.45, 7) is 6.62. The second-order valence-corrected chi connectivity index (χ2v) is 5.85. The highest BCUT2D eigenvalue weighted by molar-refractivity contribution is 5.97. The maximum Gasteiger partial charge on any atom is 0.412 e. The number of hydrogen-bond acceptors (Lipinski definition) is 5. The molecule has 0 spiro atoms. The van der Waals surface area contributed by atoms with Gasteiger partial charge < -0.3 is 9.47 Å². The molecule has 0 fully saturated rings. The Labute approximate surface area is 135 Å². The second-order valence-electron chi connectivity index (χ2n) is 5.85. The molecule has 0 saturated carbocycles. The van der Waals surface area contributed by atoms with E-state index in [0.29, 0.717) is 11.1 Å². The summed E-state index contributed by atoms with van der Waals surface area (Å²) in [5.41, 5.74) is 0.444. The Kier molecular flexibility index (Phi) is 6.07. The Balaban J connectivity index is 2.99. The number of esters is 1. The number of benzene rings is 1. The van der Waals surface area contributed by atoms with Gasteiger partial charge in [-0.1, -0.05) is 24.3 Å². The van der Waals surface area contributed by atoms with Crippen LogP contribution < -0.4 is 5.32 Å². The summed E-state index contributed by atoms with van der Waals surface area (Å²) in [6, 6.07) is 6.60. The number of carbonyl (C=O) groups is 3. The van der Waals surface area contributed by atoms with Crippen LogP contribution in [0.1, 0.15) is 43.6 Å². The molecule has 0 heterocycles. The lowest BCUT2D eigenvalue weighted by Gasteiger charge is -2.20. The lowest BCUT2D eigenvalue weighted by molar-refractivity contribution is -0.136. The number of rotatable bonds is 4. The van der Waals surface area contributed by atoms with Gasteiger partial charge in [-0.05, 0) is 39.3 Å². The van der Waals surface area contributed by atoms with Gasteiger partial charge in [-0.3, -0.25) is 10.1 Å². The lowest BCUT2D eigenvalue weighted by atomic mass is 10.1. The number of nitrogens with one attached hydrogen (secondary N) is 1. The van der Waals surface area contributed by atoms with Crippen molar-refractivity contribution in [2.75, 3.05) is 7.11 Å². The fourth-order valence-corrected chi connectivity index (χ4v) is 1.65. The van der Waals surface area contributed by atoms with Crippen LogP contribution in [0.4, 0.5) is 4.79 Å². The fourth-order valence-electron chi connectivity index (χ4n) is 1.65. The third-order valence-electron chi connectivity index (χ3n) is 2.67. The highest BCUT2D eigenvalue weighted by Gasteiger charge is 2.20. The Morgan fingerprint density at radius 2 is 1.65 bits per heavy atom. The van der Waals surface area contributed by atoms with Gasteiger partial charge >= 0.3 is 12.1 Å². The number of Topliss-reactive ketones (excluding diaryl/α,β-unsaturated/α-hetero) is 1. The number of methoxy groups -OCH3 is 1. The zero-order valence-corrected chi connectivity index (χ0v) is 13.9. The molecule has 0 unspecified atom stereocenters. The van der Waals surface area contributed by atoms with Crippen molar-refractivity contribution in [3.8, 4) is 0 Å². The minimum absolute atomic E-state index is 0.0550. The van der Waals surface area contributed by atoms with Gasteiger partial charge in [0.05, 0.1) is 7.11 Å². The van der Waals surface area contributed by atoms with Gasteiger partial charge in [0.2, 0.25) is 0 Å². The van der Waals surface area contributed by atoms with Crippen molar-refractivity contribution in [1.29, 1.82) is 0 Å². The van der Waals surface area contributed by atoms with Crippen molar-refractivity contribution >= 4 is 23.9 Å². The smallest absolute Gasteiger partial charge is 0.412 e. The molecule has 0 aliphatic carbocycles. The summed E-state index contributed by atoms with van der Waals surface area (Å²) in [7, 11) is 1.21. The van der Waals surface area contributed by atoms with Crippen LogP contribution in [-0.4, -0.2) is 30.6 Å². The molecule has 0 aromatic heterocycles. The van der Waals surface area contributed by atoms with Crippen LogP contribution in [0.5, 0.6) is 0 Å². The molecule has 0 bridgehead atoms. The van der Waals surface area contributed by atoms with Crippen LogP contribution >= 0.6 is 0 Å². The average molecular weight is 319 g/mol. The summed E-state index contributed by atoms with van der Waals surface area (Å²) in [5, 5.41) is 2.37. The predicted molar refractivity (Wildman–Crippen MR) is 85.8 cm³/mol. The van der Waals surface area contributed by atoms with Gasteiger partial charge in [0.25, 0.3) is 0 Å². The number of ketones is 1. The van der Waals surface area contributed by atoms with E-state index in [0.717, 1.165) is 0 Å². The molecule has 0 saturated heterocycles. The maximum absolute atomic E-state index is 11.8. The third-order valence-corrected chi connectivity index (χ3v) is 2.67. The topological polar surface area (TPSA) is 81.7 Å². The molecule has 6 heteroatoms. The van der Waals surface area contributed by atoms with E-state index in [1.54, 1.807) is 45.0 Å². The van der Waals surface area contributed by atoms with Gasteiger partial charge in [-0.25, -0.2) is 9.59 Å². The van der Waals surface area contributed by atoms with Gasteiger partial charge in [-0.15, -0.1) is 0 Å². The summed E-state index contributed by atoms with van der Waals surface area (Å²) in [5.74, 6) is -0.757. The van der Waals surface area contributed by atoms with Crippen molar-refractivity contribution in [1.82, 2.24) is 5.32 Å². The van der Waals surface area contributed by atoms with Crippen molar-refractivity contribution < 1.29 is 23.9 Å². The normalized spacial score (nSPS) is 11.6. The van der Waals surface area contributed by atoms with E-state index in [-0.39, 0.29) is 11.5 Å². The molecule has 1 aromatic rings. The molecule has 0 aliphatic rings. The molecule has 23 heavy (non-hydrogen) atoms. The Morgan fingerprint density at radius 3 is 2.09 bits per heavy atom. The first kappa shape index (κ1) is 18.4. The maximum atomic E-state index is 11.8. The Morgan fingerprint density at radius 1 is 1.09 bits per heavy atom. The largest absolute Gasteiger partial charge is 0.464 e. The first-order valence-electron chi connectivity index (χ1n) is 7.03. The average Bonchev–Trinajstić information content (AvgIpc) is 2.44. The van der Waals surface area contributed by atoms with Gasteiger partial charge in [0.1, 0.15) is 11.3 Å². The van der Waals surface area contributed by atoms with Gasteiger partial charge in [-0.2, -0.15) is 0 Å². The SMILES string of the molecule is COC(=O)/C(=C\c1ccc(C(C)=O)cc1)NC(=O)OC(C)(C)C. The van der Waals surface area contributed by atoms with Crippen molar-refractivity contribution in [2.45, 2.75) is 33.3 Å². The lowest BCUT2D eigenvalue weighted by Crippen LogP contribution is -2.34. The first-order valence-corrected chi connectivity index (χ1v) is 7.03. The highest BCUT2D eigenvalue weighted by atomic mass is 16.6. The summed E-state index contributed by atoms with van der Waals surface area (Å²) < 4.78 is 9.75. The van der Waals surface area contributed by atoms with Crippen LogP contribution in [-0.2, 0) is 14.3 Å². The van der Waals surface area contributed by atoms with Gasteiger partial charge in [0, 0.05) is 5.56 Å². The summed E-state index contributed by atoms with van der Waals surface area (Å²) >= 11 is 0. The molecule has 1 aromatic carbocycles. The molecular weight excluding hydrogens is 298 g/mol. The van der Waals surface area contributed by atoms with Gasteiger partial charge in [0.15, 0.2) is 5.78 Å². The summed E-state index contributed by atoms with van der Waals surface area (Å²) in [4.78, 5) is 34.8. The first-order chi connectivity index (χ1) is 10.6. The minimum atomic E-state index is -0.755. The second kappa shape index (κ2) is 7.58. The predicted octanol–water partition coefficient (Wildman–Crippen LogP) is 2.93. The fraction of sp³-hybridized carbons (Fsp3) is 0.353. The molecule has 0 radical (unpaired) electrons. The van der Waals surface area contributed by atoms with Crippen LogP contribution in [0, 0.1) is 0 Å². The highest BCUT2D eigenvalue weighted by Crippen LogP contribution is 2.11. The van der Waals surface area contributed by atoms with Crippen molar-refractivity contribution in [2.24, 2.45) is 0 Å². The van der Waals surface area contributed by atoms with Crippen LogP contribution in [0.3, 0.4) is 0 Å². The molecular formula is C17H21NO5. The van der Waals surface area contributed by atoms with Crippen molar-refractivity contribution in [3.05, 3.63) is 41.1 Å². The van der Waals surface area contributed by atoms with Crippen LogP contribution in [0.25, 0.3) is 6.08 Å². The molecule has 1 rings (SSSR count). The zero-order valence-electron chi connectivity index (χ0n) is 13.9. The van der Waals surface area contributed by atoms with E-state index >= 15 is 0 Å². The molecule has 1 N–H and O–H groups in total.